The summed E-state index contributed by atoms with van der Waals surface area (Å²) in [6.45, 7) is 0.955. The molecule has 0 unspecified atom stereocenters. The Hall–Kier alpha value is -2.98. The third-order valence-corrected chi connectivity index (χ3v) is 6.25. The van der Waals surface area contributed by atoms with Crippen molar-refractivity contribution in [1.82, 2.24) is 4.31 Å². The van der Waals surface area contributed by atoms with Crippen LogP contribution in [0.3, 0.4) is 0 Å². The summed E-state index contributed by atoms with van der Waals surface area (Å²) < 4.78 is 26.7. The molecule has 0 bridgehead atoms. The van der Waals surface area contributed by atoms with E-state index in [-0.39, 0.29) is 23.0 Å². The molecule has 0 aliphatic carbocycles. The largest absolute Gasteiger partial charge is 0.376 e. The third-order valence-electron chi connectivity index (χ3n) is 4.35. The quantitative estimate of drug-likeness (QED) is 0.540. The second-order valence-electron chi connectivity index (χ2n) is 6.34. The summed E-state index contributed by atoms with van der Waals surface area (Å²) in [7, 11) is -3.55. The molecule has 2 aromatic rings. The maximum absolute atomic E-state index is 12.6. The van der Waals surface area contributed by atoms with Crippen molar-refractivity contribution < 1.29 is 18.1 Å². The first-order chi connectivity index (χ1) is 13.4. The molecule has 0 aromatic heterocycles. The first-order valence-corrected chi connectivity index (χ1v) is 10.2. The van der Waals surface area contributed by atoms with Crippen LogP contribution in [-0.4, -0.2) is 43.2 Å². The summed E-state index contributed by atoms with van der Waals surface area (Å²) in [5, 5.41) is 16.2. The van der Waals surface area contributed by atoms with Gasteiger partial charge in [-0.2, -0.15) is 4.31 Å². The number of hydrogen-bond acceptors (Lipinski definition) is 6. The topological polar surface area (TPSA) is 122 Å². The molecule has 148 valence electrons. The molecule has 1 saturated heterocycles. The Kier molecular flexibility index (Phi) is 5.90. The van der Waals surface area contributed by atoms with Gasteiger partial charge in [-0.25, -0.2) is 8.42 Å². The van der Waals surface area contributed by atoms with Crippen molar-refractivity contribution in [1.29, 1.82) is 0 Å². The van der Waals surface area contributed by atoms with E-state index in [0.29, 0.717) is 24.5 Å². The molecule has 2 aromatic carbocycles. The summed E-state index contributed by atoms with van der Waals surface area (Å²) >= 11 is 0. The normalized spacial score (nSPS) is 14.6. The molecule has 1 heterocycles. The molecule has 1 fully saturated rings. The smallest absolute Gasteiger partial charge is 0.269 e. The predicted octanol–water partition coefficient (Wildman–Crippen LogP) is 2.43. The standard InChI is InChI=1S/C18H20N4O5S/c23-18(13-19-14-6-8-16(9-7-14)22(24)25)20-15-4-3-5-17(12-15)28(26,27)21-10-1-2-11-21/h3-9,12,19H,1-2,10-11,13H2,(H,20,23). The van der Waals surface area contributed by atoms with Crippen LogP contribution in [0.25, 0.3) is 0 Å². The van der Waals surface area contributed by atoms with Crippen molar-refractivity contribution in [2.24, 2.45) is 0 Å². The fraction of sp³-hybridized carbons (Fsp3) is 0.278. The van der Waals surface area contributed by atoms with E-state index in [1.165, 1.54) is 40.7 Å². The van der Waals surface area contributed by atoms with Gasteiger partial charge in [-0.15, -0.1) is 0 Å². The summed E-state index contributed by atoms with van der Waals surface area (Å²) in [4.78, 5) is 22.4. The summed E-state index contributed by atoms with van der Waals surface area (Å²) in [5.41, 5.74) is 0.910. The van der Waals surface area contributed by atoms with E-state index < -0.39 is 14.9 Å². The molecule has 0 radical (unpaired) electrons. The summed E-state index contributed by atoms with van der Waals surface area (Å²) in [6.07, 6.45) is 1.70. The van der Waals surface area contributed by atoms with E-state index in [9.17, 15) is 23.3 Å². The first-order valence-electron chi connectivity index (χ1n) is 8.75. The van der Waals surface area contributed by atoms with E-state index >= 15 is 0 Å². The van der Waals surface area contributed by atoms with Gasteiger partial charge in [0.2, 0.25) is 15.9 Å². The SMILES string of the molecule is O=C(CNc1ccc([N+](=O)[O-])cc1)Nc1cccc(S(=O)(=O)N2CCCC2)c1. The Balaban J connectivity index is 1.60. The lowest BCUT2D eigenvalue weighted by atomic mass is 10.3. The molecular weight excluding hydrogens is 384 g/mol. The molecule has 10 heteroatoms. The molecule has 0 spiro atoms. The molecule has 9 nitrogen and oxygen atoms in total. The van der Waals surface area contributed by atoms with Crippen LogP contribution in [0.5, 0.6) is 0 Å². The average molecular weight is 404 g/mol. The number of sulfonamides is 1. The van der Waals surface area contributed by atoms with E-state index in [1.807, 2.05) is 0 Å². The minimum absolute atomic E-state index is 0.0361. The monoisotopic (exact) mass is 404 g/mol. The minimum Gasteiger partial charge on any atom is -0.376 e. The van der Waals surface area contributed by atoms with E-state index in [0.717, 1.165) is 12.8 Å². The highest BCUT2D eigenvalue weighted by Crippen LogP contribution is 2.23. The average Bonchev–Trinajstić information content (AvgIpc) is 3.22. The lowest BCUT2D eigenvalue weighted by Gasteiger charge is -2.16. The molecule has 28 heavy (non-hydrogen) atoms. The zero-order valence-electron chi connectivity index (χ0n) is 15.0. The zero-order valence-corrected chi connectivity index (χ0v) is 15.8. The lowest BCUT2D eigenvalue weighted by molar-refractivity contribution is -0.384. The van der Waals surface area contributed by atoms with Gasteiger partial charge in [-0.05, 0) is 43.2 Å². The van der Waals surface area contributed by atoms with Crippen LogP contribution in [0.15, 0.2) is 53.4 Å². The van der Waals surface area contributed by atoms with E-state index in [1.54, 1.807) is 12.1 Å². The van der Waals surface area contributed by atoms with E-state index in [4.69, 9.17) is 0 Å². The van der Waals surface area contributed by atoms with Gasteiger partial charge in [0.25, 0.3) is 5.69 Å². The van der Waals surface area contributed by atoms with Gasteiger partial charge < -0.3 is 10.6 Å². The van der Waals surface area contributed by atoms with Gasteiger partial charge in [0.05, 0.1) is 16.4 Å². The van der Waals surface area contributed by atoms with Crippen LogP contribution < -0.4 is 10.6 Å². The highest BCUT2D eigenvalue weighted by Gasteiger charge is 2.27. The van der Waals surface area contributed by atoms with E-state index in [2.05, 4.69) is 10.6 Å². The van der Waals surface area contributed by atoms with Crippen LogP contribution in [0, 0.1) is 10.1 Å². The number of carbonyl (C=O) groups excluding carboxylic acids is 1. The number of nitro benzene ring substituents is 1. The Morgan fingerprint density at radius 2 is 1.75 bits per heavy atom. The first kappa shape index (κ1) is 19.8. The number of hydrogen-bond donors (Lipinski definition) is 2. The van der Waals surface area contributed by atoms with Crippen molar-refractivity contribution in [2.75, 3.05) is 30.3 Å². The highest BCUT2D eigenvalue weighted by atomic mass is 32.2. The zero-order chi connectivity index (χ0) is 20.1. The number of non-ortho nitro benzene ring substituents is 1. The van der Waals surface area contributed by atoms with Crippen LogP contribution in [0.4, 0.5) is 17.1 Å². The molecule has 3 rings (SSSR count). The van der Waals surface area contributed by atoms with Gasteiger partial charge in [-0.1, -0.05) is 6.07 Å². The Morgan fingerprint density at radius 1 is 1.07 bits per heavy atom. The molecule has 1 amide bonds. The third kappa shape index (κ3) is 4.65. The fourth-order valence-electron chi connectivity index (χ4n) is 2.90. The maximum Gasteiger partial charge on any atom is 0.269 e. The van der Waals surface area contributed by atoms with Crippen LogP contribution >= 0.6 is 0 Å². The van der Waals surface area contributed by atoms with Crippen molar-refractivity contribution in [3.8, 4) is 0 Å². The molecule has 0 saturated carbocycles. The number of rotatable bonds is 7. The number of carbonyl (C=O) groups is 1. The van der Waals surface area contributed by atoms with Crippen LogP contribution in [-0.2, 0) is 14.8 Å². The van der Waals surface area contributed by atoms with Gasteiger partial charge in [0, 0.05) is 36.6 Å². The van der Waals surface area contributed by atoms with Crippen molar-refractivity contribution in [3.63, 3.8) is 0 Å². The van der Waals surface area contributed by atoms with Gasteiger partial charge in [0.1, 0.15) is 0 Å². The van der Waals surface area contributed by atoms with Crippen molar-refractivity contribution in [2.45, 2.75) is 17.7 Å². The van der Waals surface area contributed by atoms with Crippen molar-refractivity contribution in [3.05, 3.63) is 58.6 Å². The molecule has 0 atom stereocenters. The second kappa shape index (κ2) is 8.36. The molecule has 2 N–H and O–H groups in total. The minimum atomic E-state index is -3.55. The maximum atomic E-state index is 12.6. The number of nitrogens with one attached hydrogen (secondary N) is 2. The Bertz CT molecular complexity index is 970. The molecule has 1 aliphatic heterocycles. The highest BCUT2D eigenvalue weighted by molar-refractivity contribution is 7.89. The van der Waals surface area contributed by atoms with Gasteiger partial charge in [-0.3, -0.25) is 14.9 Å². The Labute approximate surface area is 162 Å². The number of nitrogens with zero attached hydrogens (tertiary/aromatic N) is 2. The van der Waals surface area contributed by atoms with Crippen molar-refractivity contribution >= 4 is 33.0 Å². The van der Waals surface area contributed by atoms with Gasteiger partial charge in [0.15, 0.2) is 0 Å². The molecular formula is C18H20N4O5S. The number of anilines is 2. The van der Waals surface area contributed by atoms with Gasteiger partial charge >= 0.3 is 0 Å². The second-order valence-corrected chi connectivity index (χ2v) is 8.28. The Morgan fingerprint density at radius 3 is 2.39 bits per heavy atom. The lowest BCUT2D eigenvalue weighted by Crippen LogP contribution is -2.28. The summed E-state index contributed by atoms with van der Waals surface area (Å²) in [6, 6.07) is 11.9. The van der Waals surface area contributed by atoms with Crippen LogP contribution in [0.2, 0.25) is 0 Å². The predicted molar refractivity (Wildman–Crippen MR) is 105 cm³/mol. The number of amides is 1. The fourth-order valence-corrected chi connectivity index (χ4v) is 4.46. The molecule has 1 aliphatic rings. The number of nitro groups is 1. The van der Waals surface area contributed by atoms with Crippen LogP contribution in [0.1, 0.15) is 12.8 Å². The number of benzene rings is 2. The summed E-state index contributed by atoms with van der Waals surface area (Å²) in [5.74, 6) is -0.367.